The van der Waals surface area contributed by atoms with Crippen molar-refractivity contribution in [2.45, 2.75) is 198 Å². The van der Waals surface area contributed by atoms with Crippen LogP contribution in [0.2, 0.25) is 0 Å². The predicted octanol–water partition coefficient (Wildman–Crippen LogP) is 16.1. The largest absolute Gasteiger partial charge is 0.493 e. The molecule has 0 atom stereocenters. The van der Waals surface area contributed by atoms with E-state index in [0.29, 0.717) is 22.6 Å². The Balaban J connectivity index is 0.000000282. The van der Waals surface area contributed by atoms with Crippen LogP contribution in [0.4, 0.5) is 0 Å². The van der Waals surface area contributed by atoms with Crippen LogP contribution < -0.4 is 18.9 Å². The smallest absolute Gasteiger partial charge is 0.350 e. The molecule has 6 rings (SSSR count). The van der Waals surface area contributed by atoms with Gasteiger partial charge in [-0.2, -0.15) is 0 Å². The van der Waals surface area contributed by atoms with Crippen molar-refractivity contribution in [1.29, 1.82) is 0 Å². The molecule has 4 aromatic rings. The van der Waals surface area contributed by atoms with Crippen molar-refractivity contribution in [2.24, 2.45) is 11.8 Å². The third-order valence-electron chi connectivity index (χ3n) is 14.4. The molecule has 0 radical (unpaired) electrons. The number of carboxylic acid groups (broad SMARTS) is 1. The van der Waals surface area contributed by atoms with Crippen molar-refractivity contribution in [2.75, 3.05) is 13.2 Å². The molecule has 0 unspecified atom stereocenters. The van der Waals surface area contributed by atoms with Crippen LogP contribution >= 0.6 is 0 Å². The Morgan fingerprint density at radius 3 is 1.11 bits per heavy atom. The van der Waals surface area contributed by atoms with Gasteiger partial charge in [0, 0.05) is 11.1 Å². The summed E-state index contributed by atoms with van der Waals surface area (Å²) in [5.41, 5.74) is 7.29. The normalized spacial score (nSPS) is 14.8. The molecular formula is C66H88O10. The molecule has 0 aliphatic heterocycles. The van der Waals surface area contributed by atoms with Crippen molar-refractivity contribution in [3.8, 4) is 23.0 Å². The molecule has 76 heavy (non-hydrogen) atoms. The highest BCUT2D eigenvalue weighted by atomic mass is 16.6. The Bertz CT molecular complexity index is 2660. The molecule has 0 saturated heterocycles. The molecular weight excluding hydrogens is 953 g/mol. The molecule has 2 saturated carbocycles. The highest BCUT2D eigenvalue weighted by Crippen LogP contribution is 2.34. The molecule has 2 aliphatic carbocycles. The monoisotopic (exact) mass is 1040 g/mol. The number of rotatable bonds is 20. The van der Waals surface area contributed by atoms with Crippen molar-refractivity contribution >= 4 is 35.7 Å². The molecule has 2 fully saturated rings. The first kappa shape index (κ1) is 60.7. The second-order valence-electron chi connectivity index (χ2n) is 23.6. The second kappa shape index (κ2) is 26.7. The Morgan fingerprint density at radius 2 is 0.789 bits per heavy atom. The summed E-state index contributed by atoms with van der Waals surface area (Å²) >= 11 is 0. The van der Waals surface area contributed by atoms with E-state index < -0.39 is 28.7 Å². The molecule has 10 heteroatoms. The summed E-state index contributed by atoms with van der Waals surface area (Å²) in [6.07, 6.45) is 22.4. The molecule has 0 spiro atoms. The quantitative estimate of drug-likeness (QED) is 0.0518. The Labute approximate surface area is 455 Å². The summed E-state index contributed by atoms with van der Waals surface area (Å²) in [7, 11) is 0. The number of benzene rings is 4. The molecule has 0 bridgehead atoms. The van der Waals surface area contributed by atoms with E-state index in [0.717, 1.165) is 105 Å². The second-order valence-corrected chi connectivity index (χ2v) is 23.6. The minimum absolute atomic E-state index is 0.0540. The van der Waals surface area contributed by atoms with E-state index in [9.17, 15) is 24.3 Å². The minimum atomic E-state index is -1.33. The van der Waals surface area contributed by atoms with Gasteiger partial charge in [0.15, 0.2) is 22.8 Å². The Morgan fingerprint density at radius 1 is 0.474 bits per heavy atom. The predicted molar refractivity (Wildman–Crippen MR) is 307 cm³/mol. The van der Waals surface area contributed by atoms with E-state index in [-0.39, 0.29) is 11.6 Å². The third-order valence-corrected chi connectivity index (χ3v) is 14.4. The zero-order valence-corrected chi connectivity index (χ0v) is 48.6. The van der Waals surface area contributed by atoms with Gasteiger partial charge < -0.3 is 28.8 Å². The fraction of sp³-hybridized carbons (Fsp3) is 0.515. The number of aryl methyl sites for hydroxylation is 8. The highest BCUT2D eigenvalue weighted by Gasteiger charge is 2.36. The fourth-order valence-corrected chi connectivity index (χ4v) is 10.3. The van der Waals surface area contributed by atoms with Crippen molar-refractivity contribution in [3.05, 3.63) is 127 Å². The lowest BCUT2D eigenvalue weighted by Crippen LogP contribution is -2.43. The first-order valence-corrected chi connectivity index (χ1v) is 27.6. The summed E-state index contributed by atoms with van der Waals surface area (Å²) in [4.78, 5) is 50.1. The van der Waals surface area contributed by atoms with Crippen LogP contribution in [-0.4, -0.2) is 58.6 Å². The molecule has 0 heterocycles. The first-order valence-electron chi connectivity index (χ1n) is 27.6. The van der Waals surface area contributed by atoms with Crippen molar-refractivity contribution in [3.63, 3.8) is 0 Å². The number of carbonyl (C=O) groups excluding carboxylic acids is 3. The maximum atomic E-state index is 13.1. The molecule has 1 N–H and O–H groups in total. The number of hydrogen-bond acceptors (Lipinski definition) is 9. The number of esters is 1. The number of ether oxygens (including phenoxy) is 5. The number of allylic oxidation sites excluding steroid dienone is 2. The lowest BCUT2D eigenvalue weighted by atomic mass is 9.87. The highest BCUT2D eigenvalue weighted by molar-refractivity contribution is 6.08. The van der Waals surface area contributed by atoms with Crippen LogP contribution in [-0.2, 0) is 14.3 Å². The van der Waals surface area contributed by atoms with Crippen molar-refractivity contribution in [1.82, 2.24) is 0 Å². The van der Waals surface area contributed by atoms with Crippen LogP contribution in [0, 0.1) is 67.2 Å². The fourth-order valence-electron chi connectivity index (χ4n) is 10.3. The van der Waals surface area contributed by atoms with Gasteiger partial charge in [0.1, 0.15) is 28.6 Å². The summed E-state index contributed by atoms with van der Waals surface area (Å²) in [6.45, 7) is 29.1. The van der Waals surface area contributed by atoms with E-state index in [1.807, 2.05) is 131 Å². The van der Waals surface area contributed by atoms with Gasteiger partial charge in [-0.3, -0.25) is 9.59 Å². The SMILES string of the molecule is Cc1cc(C(=O)/C=C/c2cc(C)c(OC(C)(C)C(=O)O)c(C)c2)cc(C)c1OCCC1CCCCC1.Cc1cc(C(=O)/C=C/c2cc(C)c(OC(C)(C)C(=O)OC(C)(C)C)c(C)c2)cc(C)c1OCCC1CCCCC1. The standard InChI is InChI=1S/C35H48O5.C31H40O5/c1-23-19-28(20-24(2)32(23)39-35(8,9)33(37)40-34(5,6)7)15-16-30(36)29-21-25(3)31(26(4)22-29)38-18-17-27-13-11-10-12-14-27;1-20-16-25(17-21(2)29(20)36-31(5,6)30(33)34)12-13-27(32)26-18-22(3)28(23(4)19-26)35-15-14-24-10-8-7-9-11-24/h15-16,19-22,27H,10-14,17-18H2,1-9H3;12-13,16-19,24H,7-11,14-15H2,1-6H3,(H,33,34)/b16-15+;13-12+. The van der Waals surface area contributed by atoms with Gasteiger partial charge in [-0.1, -0.05) is 76.4 Å². The third kappa shape index (κ3) is 17.7. The van der Waals surface area contributed by atoms with E-state index in [4.69, 9.17) is 23.7 Å². The van der Waals surface area contributed by atoms with E-state index in [1.54, 1.807) is 32.1 Å². The van der Waals surface area contributed by atoms with Gasteiger partial charge in [-0.15, -0.1) is 0 Å². The van der Waals surface area contributed by atoms with Crippen LogP contribution in [0.5, 0.6) is 23.0 Å². The summed E-state index contributed by atoms with van der Waals surface area (Å²) in [6, 6.07) is 15.3. The molecule has 2 aliphatic rings. The van der Waals surface area contributed by atoms with Crippen LogP contribution in [0.1, 0.15) is 202 Å². The zero-order chi connectivity index (χ0) is 56.1. The van der Waals surface area contributed by atoms with Crippen LogP contribution in [0.25, 0.3) is 12.2 Å². The first-order chi connectivity index (χ1) is 35.6. The minimum Gasteiger partial charge on any atom is -0.493 e. The van der Waals surface area contributed by atoms with Gasteiger partial charge >= 0.3 is 11.9 Å². The van der Waals surface area contributed by atoms with E-state index in [2.05, 4.69) is 0 Å². The van der Waals surface area contributed by atoms with Crippen LogP contribution in [0.15, 0.2) is 60.7 Å². The summed E-state index contributed by atoms with van der Waals surface area (Å²) in [5.74, 6) is 2.97. The maximum Gasteiger partial charge on any atom is 0.350 e. The Hall–Kier alpha value is -6.16. The average molecular weight is 1040 g/mol. The molecule has 10 nitrogen and oxygen atoms in total. The van der Waals surface area contributed by atoms with Gasteiger partial charge in [0.25, 0.3) is 0 Å². The lowest BCUT2D eigenvalue weighted by Gasteiger charge is -2.30. The van der Waals surface area contributed by atoms with E-state index >= 15 is 0 Å². The van der Waals surface area contributed by atoms with Gasteiger partial charge in [0.05, 0.1) is 13.2 Å². The maximum absolute atomic E-state index is 13.1. The average Bonchev–Trinajstić information content (AvgIpc) is 3.34. The number of carboxylic acids is 1. The number of ketones is 2. The summed E-state index contributed by atoms with van der Waals surface area (Å²) < 4.78 is 29.8. The van der Waals surface area contributed by atoms with Crippen LogP contribution in [0.3, 0.4) is 0 Å². The molecule has 4 aromatic carbocycles. The summed E-state index contributed by atoms with van der Waals surface area (Å²) in [5, 5.41) is 9.36. The molecule has 412 valence electrons. The van der Waals surface area contributed by atoms with Gasteiger partial charge in [-0.25, -0.2) is 9.59 Å². The topological polar surface area (TPSA) is 135 Å². The number of carbonyl (C=O) groups is 4. The van der Waals surface area contributed by atoms with Gasteiger partial charge in [0.2, 0.25) is 0 Å². The molecule has 0 aromatic heterocycles. The van der Waals surface area contributed by atoms with E-state index in [1.165, 1.54) is 78.1 Å². The van der Waals surface area contributed by atoms with Gasteiger partial charge in [-0.05, 0) is 245 Å². The lowest BCUT2D eigenvalue weighted by molar-refractivity contribution is -0.171. The number of aliphatic carboxylic acids is 1. The number of hydrogen-bond donors (Lipinski definition) is 1. The van der Waals surface area contributed by atoms with Crippen molar-refractivity contribution < 1.29 is 48.0 Å². The Kier molecular flexibility index (Phi) is 21.4. The molecule has 0 amide bonds. The zero-order valence-electron chi connectivity index (χ0n) is 48.6.